The average Bonchev–Trinajstić information content (AvgIpc) is 3.22. The van der Waals surface area contributed by atoms with Gasteiger partial charge in [0.1, 0.15) is 17.2 Å². The molecule has 1 heterocycles. The largest absolute Gasteiger partial charge is 0.484 e. The van der Waals surface area contributed by atoms with Crippen LogP contribution in [-0.4, -0.2) is 22.7 Å². The maximum atomic E-state index is 13.2. The third kappa shape index (κ3) is 6.67. The lowest BCUT2D eigenvalue weighted by molar-refractivity contribution is -0.118. The number of thiocarbonyl (C=S) groups is 1. The molecule has 0 aromatic heterocycles. The molecule has 0 atom stereocenters. The molecule has 4 aromatic rings. The van der Waals surface area contributed by atoms with Crippen LogP contribution in [0.5, 0.6) is 17.2 Å². The monoisotopic (exact) mass is 572 g/mol. The Balaban J connectivity index is 1.23. The van der Waals surface area contributed by atoms with Gasteiger partial charge in [-0.25, -0.2) is 0 Å². The van der Waals surface area contributed by atoms with Crippen molar-refractivity contribution in [1.29, 1.82) is 0 Å². The number of para-hydroxylation sites is 2. The second kappa shape index (κ2) is 12.2. The number of rotatable bonds is 8. The quantitative estimate of drug-likeness (QED) is 0.174. The van der Waals surface area contributed by atoms with Gasteiger partial charge < -0.3 is 14.8 Å². The molecule has 0 spiro atoms. The Morgan fingerprint density at radius 1 is 0.897 bits per heavy atom. The number of hydrogen-bond donors (Lipinski definition) is 1. The summed E-state index contributed by atoms with van der Waals surface area (Å²) in [5.41, 5.74) is 1.91. The third-order valence-electron chi connectivity index (χ3n) is 5.54. The minimum absolute atomic E-state index is 0.194. The zero-order valence-electron chi connectivity index (χ0n) is 20.4. The van der Waals surface area contributed by atoms with Gasteiger partial charge in [0.2, 0.25) is 0 Å². The first-order chi connectivity index (χ1) is 19.0. The van der Waals surface area contributed by atoms with E-state index in [-0.39, 0.29) is 18.4 Å². The fourth-order valence-corrected chi connectivity index (χ4v) is 5.20. The van der Waals surface area contributed by atoms with Gasteiger partial charge in [-0.2, -0.15) is 0 Å². The summed E-state index contributed by atoms with van der Waals surface area (Å²) >= 11 is 12.8. The number of hydrogen-bond acceptors (Lipinski definition) is 6. The molecule has 1 fully saturated rings. The van der Waals surface area contributed by atoms with Gasteiger partial charge in [0, 0.05) is 0 Å². The highest BCUT2D eigenvalue weighted by atomic mass is 35.5. The molecule has 1 N–H and O–H groups in total. The maximum Gasteiger partial charge on any atom is 0.270 e. The predicted molar refractivity (Wildman–Crippen MR) is 161 cm³/mol. The van der Waals surface area contributed by atoms with Crippen molar-refractivity contribution >= 4 is 69.2 Å². The molecule has 0 unspecified atom stereocenters. The third-order valence-corrected chi connectivity index (χ3v) is 7.17. The van der Waals surface area contributed by atoms with Crippen molar-refractivity contribution in [1.82, 2.24) is 0 Å². The van der Waals surface area contributed by atoms with Crippen LogP contribution >= 0.6 is 35.6 Å². The van der Waals surface area contributed by atoms with E-state index < -0.39 is 0 Å². The Labute approximate surface area is 240 Å². The van der Waals surface area contributed by atoms with Gasteiger partial charge in [0.05, 0.1) is 21.3 Å². The van der Waals surface area contributed by atoms with Crippen LogP contribution in [0.1, 0.15) is 5.56 Å². The summed E-state index contributed by atoms with van der Waals surface area (Å²) in [6, 6.07) is 30.8. The first-order valence-corrected chi connectivity index (χ1v) is 13.4. The highest BCUT2D eigenvalue weighted by molar-refractivity contribution is 8.27. The van der Waals surface area contributed by atoms with E-state index in [9.17, 15) is 9.59 Å². The minimum Gasteiger partial charge on any atom is -0.484 e. The molecule has 4 aromatic carbocycles. The van der Waals surface area contributed by atoms with Crippen LogP contribution in [0.2, 0.25) is 5.02 Å². The van der Waals surface area contributed by atoms with Gasteiger partial charge in [0.15, 0.2) is 10.9 Å². The standard InChI is InChI=1S/C30H21ClN2O4S2/c31-25-11-4-5-12-26(25)32-28(34)19-36-24-10-6-7-20(17-24)18-27-29(35)33(30(38)39-27)21-13-15-23(16-14-21)37-22-8-2-1-3-9-22/h1-18H,19H2,(H,32,34)/b27-18-. The van der Waals surface area contributed by atoms with Gasteiger partial charge in [-0.1, -0.05) is 78.0 Å². The molecule has 1 saturated heterocycles. The number of nitrogens with one attached hydrogen (secondary N) is 1. The Morgan fingerprint density at radius 2 is 1.59 bits per heavy atom. The number of carbonyl (C=O) groups is 2. The van der Waals surface area contributed by atoms with Crippen LogP contribution in [0, 0.1) is 0 Å². The number of anilines is 2. The number of amides is 2. The van der Waals surface area contributed by atoms with Gasteiger partial charge in [-0.3, -0.25) is 14.5 Å². The Morgan fingerprint density at radius 3 is 2.36 bits per heavy atom. The van der Waals surface area contributed by atoms with Crippen LogP contribution in [0.4, 0.5) is 11.4 Å². The van der Waals surface area contributed by atoms with E-state index in [0.29, 0.717) is 37.1 Å². The molecule has 0 aliphatic carbocycles. The molecule has 5 rings (SSSR count). The number of thioether (sulfide) groups is 1. The predicted octanol–water partition coefficient (Wildman–Crippen LogP) is 7.56. The molecule has 0 saturated carbocycles. The van der Waals surface area contributed by atoms with E-state index in [4.69, 9.17) is 33.3 Å². The zero-order valence-corrected chi connectivity index (χ0v) is 22.8. The lowest BCUT2D eigenvalue weighted by Gasteiger charge is -2.15. The smallest absolute Gasteiger partial charge is 0.270 e. The van der Waals surface area contributed by atoms with Crippen molar-refractivity contribution in [2.45, 2.75) is 0 Å². The summed E-state index contributed by atoms with van der Waals surface area (Å²) in [4.78, 5) is 27.5. The van der Waals surface area contributed by atoms with Crippen molar-refractivity contribution in [3.63, 3.8) is 0 Å². The lowest BCUT2D eigenvalue weighted by Crippen LogP contribution is -2.27. The fraction of sp³-hybridized carbons (Fsp3) is 0.0333. The molecule has 39 heavy (non-hydrogen) atoms. The summed E-state index contributed by atoms with van der Waals surface area (Å²) < 4.78 is 11.9. The Kier molecular flexibility index (Phi) is 8.27. The van der Waals surface area contributed by atoms with Gasteiger partial charge in [-0.05, 0) is 72.3 Å². The number of halogens is 1. The summed E-state index contributed by atoms with van der Waals surface area (Å²) in [5, 5.41) is 3.16. The second-order valence-electron chi connectivity index (χ2n) is 8.32. The molecule has 0 bridgehead atoms. The highest BCUT2D eigenvalue weighted by Crippen LogP contribution is 2.37. The number of ether oxygens (including phenoxy) is 2. The second-order valence-corrected chi connectivity index (χ2v) is 10.4. The molecule has 194 valence electrons. The first kappa shape index (κ1) is 26.5. The summed E-state index contributed by atoms with van der Waals surface area (Å²) in [6.45, 7) is -0.194. The van der Waals surface area contributed by atoms with E-state index in [1.165, 1.54) is 16.7 Å². The summed E-state index contributed by atoms with van der Waals surface area (Å²) in [5.74, 6) is 1.32. The normalized spacial score (nSPS) is 14.0. The fourth-order valence-electron chi connectivity index (χ4n) is 3.72. The number of benzene rings is 4. The van der Waals surface area contributed by atoms with Crippen molar-refractivity contribution < 1.29 is 19.1 Å². The van der Waals surface area contributed by atoms with E-state index in [0.717, 1.165) is 11.3 Å². The van der Waals surface area contributed by atoms with Crippen molar-refractivity contribution in [3.8, 4) is 17.2 Å². The van der Waals surface area contributed by atoms with Crippen LogP contribution in [-0.2, 0) is 9.59 Å². The Hall–Kier alpha value is -4.11. The van der Waals surface area contributed by atoms with Crippen molar-refractivity contribution in [2.24, 2.45) is 0 Å². The van der Waals surface area contributed by atoms with Crippen LogP contribution in [0.3, 0.4) is 0 Å². The zero-order chi connectivity index (χ0) is 27.2. The highest BCUT2D eigenvalue weighted by Gasteiger charge is 2.33. The van der Waals surface area contributed by atoms with Crippen LogP contribution < -0.4 is 19.7 Å². The average molecular weight is 573 g/mol. The molecule has 6 nitrogen and oxygen atoms in total. The van der Waals surface area contributed by atoms with Crippen molar-refractivity contribution in [3.05, 3.63) is 119 Å². The summed E-state index contributed by atoms with van der Waals surface area (Å²) in [7, 11) is 0. The lowest BCUT2D eigenvalue weighted by atomic mass is 10.2. The molecule has 1 aliphatic rings. The maximum absolute atomic E-state index is 13.2. The van der Waals surface area contributed by atoms with Gasteiger partial charge in [0.25, 0.3) is 11.8 Å². The molecule has 1 aliphatic heterocycles. The molecule has 9 heteroatoms. The molecular weight excluding hydrogens is 552 g/mol. The van der Waals surface area contributed by atoms with E-state index in [1.54, 1.807) is 72.8 Å². The molecule has 0 radical (unpaired) electrons. The topological polar surface area (TPSA) is 67.9 Å². The first-order valence-electron chi connectivity index (χ1n) is 11.8. The van der Waals surface area contributed by atoms with Gasteiger partial charge >= 0.3 is 0 Å². The Bertz CT molecular complexity index is 1560. The van der Waals surface area contributed by atoms with Crippen molar-refractivity contribution in [2.75, 3.05) is 16.8 Å². The van der Waals surface area contributed by atoms with Crippen LogP contribution in [0.15, 0.2) is 108 Å². The summed E-state index contributed by atoms with van der Waals surface area (Å²) in [6.07, 6.45) is 1.75. The number of carbonyl (C=O) groups excluding carboxylic acids is 2. The number of nitrogens with zero attached hydrogens (tertiary/aromatic N) is 1. The van der Waals surface area contributed by atoms with Crippen LogP contribution in [0.25, 0.3) is 6.08 Å². The minimum atomic E-state index is -0.338. The van der Waals surface area contributed by atoms with E-state index >= 15 is 0 Å². The SMILES string of the molecule is O=C(COc1cccc(/C=C2\SC(=S)N(c3ccc(Oc4ccccc4)cc3)C2=O)c1)Nc1ccccc1Cl. The van der Waals surface area contributed by atoms with E-state index in [1.807, 2.05) is 36.4 Å². The van der Waals surface area contributed by atoms with Gasteiger partial charge in [-0.15, -0.1) is 0 Å². The van der Waals surface area contributed by atoms with E-state index in [2.05, 4.69) is 5.32 Å². The molecular formula is C30H21ClN2O4S2. The molecule has 2 amide bonds.